The minimum absolute atomic E-state index is 0.0559. The fourth-order valence-corrected chi connectivity index (χ4v) is 3.80. The van der Waals surface area contributed by atoms with E-state index in [1.54, 1.807) is 0 Å². The van der Waals surface area contributed by atoms with E-state index in [0.29, 0.717) is 0 Å². The van der Waals surface area contributed by atoms with E-state index in [-0.39, 0.29) is 5.41 Å². The lowest BCUT2D eigenvalue weighted by Crippen LogP contribution is -2.23. The summed E-state index contributed by atoms with van der Waals surface area (Å²) in [6.45, 7) is 19.4. The molecule has 0 heterocycles. The molecule has 1 N–H and O–H groups in total. The summed E-state index contributed by atoms with van der Waals surface area (Å²) in [4.78, 5) is 0. The number of benzene rings is 1. The Labute approximate surface area is 161 Å². The first-order chi connectivity index (χ1) is 12.2. The Morgan fingerprint density at radius 3 is 2.31 bits per heavy atom. The molecule has 0 unspecified atom stereocenters. The van der Waals surface area contributed by atoms with Crippen LogP contribution in [-0.2, 0) is 6.42 Å². The van der Waals surface area contributed by atoms with Crippen LogP contribution in [0.4, 0.5) is 0 Å². The topological polar surface area (TPSA) is 23.9 Å². The van der Waals surface area contributed by atoms with Crippen molar-refractivity contribution in [2.45, 2.75) is 74.1 Å². The van der Waals surface area contributed by atoms with Crippen molar-refractivity contribution in [3.05, 3.63) is 64.8 Å². The summed E-state index contributed by atoms with van der Waals surface area (Å²) < 4.78 is 0. The third kappa shape index (κ3) is 5.56. The van der Waals surface area contributed by atoms with Gasteiger partial charge in [-0.3, -0.25) is 0 Å². The maximum absolute atomic E-state index is 8.27. The molecule has 1 aromatic rings. The van der Waals surface area contributed by atoms with E-state index in [1.807, 2.05) is 0 Å². The average Bonchev–Trinajstić information content (AvgIpc) is 2.60. The lowest BCUT2D eigenvalue weighted by Gasteiger charge is -2.34. The highest BCUT2D eigenvalue weighted by Crippen LogP contribution is 2.42. The minimum atomic E-state index is -0.0559. The predicted molar refractivity (Wildman–Crippen MR) is 118 cm³/mol. The molecule has 1 atom stereocenters. The summed E-state index contributed by atoms with van der Waals surface area (Å²) in [6, 6.07) is 8.85. The molecule has 26 heavy (non-hydrogen) atoms. The van der Waals surface area contributed by atoms with Gasteiger partial charge in [-0.25, -0.2) is 0 Å². The van der Waals surface area contributed by atoms with Crippen molar-refractivity contribution < 1.29 is 0 Å². The van der Waals surface area contributed by atoms with Crippen molar-refractivity contribution in [3.63, 3.8) is 0 Å². The van der Waals surface area contributed by atoms with Gasteiger partial charge in [-0.15, -0.1) is 6.58 Å². The molecule has 0 fully saturated rings. The number of nitrogens with one attached hydrogen (secondary N) is 1. The maximum Gasteiger partial charge on any atom is 0.00951 e. The quantitative estimate of drug-likeness (QED) is 0.267. The third-order valence-corrected chi connectivity index (χ3v) is 5.53. The summed E-state index contributed by atoms with van der Waals surface area (Å²) in [5.74, 6) is 0. The molecular weight excluding hydrogens is 314 g/mol. The zero-order valence-corrected chi connectivity index (χ0v) is 17.9. The van der Waals surface area contributed by atoms with Crippen LogP contribution in [0.2, 0.25) is 0 Å². The van der Waals surface area contributed by atoms with E-state index < -0.39 is 0 Å². The van der Waals surface area contributed by atoms with E-state index in [9.17, 15) is 0 Å². The molecule has 142 valence electrons. The van der Waals surface area contributed by atoms with Crippen LogP contribution in [0.15, 0.2) is 53.6 Å². The van der Waals surface area contributed by atoms with Crippen molar-refractivity contribution in [1.82, 2.24) is 0 Å². The summed E-state index contributed by atoms with van der Waals surface area (Å²) in [5.41, 5.74) is 8.58. The van der Waals surface area contributed by atoms with Gasteiger partial charge in [0.15, 0.2) is 0 Å². The van der Waals surface area contributed by atoms with Crippen LogP contribution in [0.1, 0.15) is 78.9 Å². The average molecular weight is 352 g/mol. The Morgan fingerprint density at radius 2 is 1.81 bits per heavy atom. The largest absolute Gasteiger partial charge is 0.310 e. The molecule has 0 saturated heterocycles. The lowest BCUT2D eigenvalue weighted by atomic mass is 9.71. The molecule has 1 rings (SSSR count). The summed E-state index contributed by atoms with van der Waals surface area (Å²) >= 11 is 0. The van der Waals surface area contributed by atoms with Crippen molar-refractivity contribution >= 4 is 11.3 Å². The van der Waals surface area contributed by atoms with Crippen LogP contribution in [0, 0.1) is 10.8 Å². The lowest BCUT2D eigenvalue weighted by molar-refractivity contribution is 0.406. The highest BCUT2D eigenvalue weighted by molar-refractivity contribution is 5.83. The second-order valence-electron chi connectivity index (χ2n) is 7.83. The van der Waals surface area contributed by atoms with E-state index in [0.717, 1.165) is 31.4 Å². The maximum atomic E-state index is 8.27. The highest BCUT2D eigenvalue weighted by atomic mass is 14.4. The number of aryl methyl sites for hydroxylation is 1. The van der Waals surface area contributed by atoms with Crippen molar-refractivity contribution in [1.29, 1.82) is 5.41 Å². The Morgan fingerprint density at radius 1 is 1.15 bits per heavy atom. The van der Waals surface area contributed by atoms with E-state index in [1.165, 1.54) is 33.4 Å². The molecule has 0 radical (unpaired) electrons. The molecule has 0 bridgehead atoms. The number of hydrogen-bond acceptors (Lipinski definition) is 1. The Balaban J connectivity index is 3.42. The SMILES string of the molecule is C=C(C)C[C@](C)(CC(=N)CC)/C(C)=C(C)/C(=C\C)c1cccc(CC)c1. The fourth-order valence-electron chi connectivity index (χ4n) is 3.80. The predicted octanol–water partition coefficient (Wildman–Crippen LogP) is 7.78. The van der Waals surface area contributed by atoms with Crippen LogP contribution in [0.5, 0.6) is 0 Å². The van der Waals surface area contributed by atoms with Gasteiger partial charge in [-0.1, -0.05) is 62.3 Å². The summed E-state index contributed by atoms with van der Waals surface area (Å²) in [6.07, 6.45) is 5.80. The van der Waals surface area contributed by atoms with Crippen molar-refractivity contribution in [2.75, 3.05) is 0 Å². The molecular formula is C25H37N. The van der Waals surface area contributed by atoms with Crippen LogP contribution in [0.3, 0.4) is 0 Å². The number of hydrogen-bond donors (Lipinski definition) is 1. The zero-order chi connectivity index (χ0) is 19.9. The Bertz CT molecular complexity index is 717. The van der Waals surface area contributed by atoms with Crippen molar-refractivity contribution in [2.24, 2.45) is 5.41 Å². The smallest absolute Gasteiger partial charge is 0.00951 e. The van der Waals surface area contributed by atoms with Gasteiger partial charge in [0.2, 0.25) is 0 Å². The number of rotatable bonds is 9. The van der Waals surface area contributed by atoms with Crippen LogP contribution >= 0.6 is 0 Å². The molecule has 0 spiro atoms. The van der Waals surface area contributed by atoms with Crippen molar-refractivity contribution in [3.8, 4) is 0 Å². The molecule has 0 saturated carbocycles. The van der Waals surface area contributed by atoms with Gasteiger partial charge in [-0.2, -0.15) is 0 Å². The highest BCUT2D eigenvalue weighted by Gasteiger charge is 2.29. The molecule has 0 amide bonds. The first kappa shape index (κ1) is 22.2. The van der Waals surface area contributed by atoms with Gasteiger partial charge >= 0.3 is 0 Å². The van der Waals surface area contributed by atoms with E-state index in [2.05, 4.69) is 85.4 Å². The minimum Gasteiger partial charge on any atom is -0.310 e. The van der Waals surface area contributed by atoms with Crippen LogP contribution < -0.4 is 0 Å². The van der Waals surface area contributed by atoms with E-state index in [4.69, 9.17) is 5.41 Å². The first-order valence-corrected chi connectivity index (χ1v) is 9.83. The van der Waals surface area contributed by atoms with Gasteiger partial charge in [0.1, 0.15) is 0 Å². The van der Waals surface area contributed by atoms with Gasteiger partial charge in [-0.05, 0) is 81.1 Å². The second kappa shape index (κ2) is 9.71. The normalized spacial score (nSPS) is 15.3. The van der Waals surface area contributed by atoms with Crippen LogP contribution in [0.25, 0.3) is 5.57 Å². The summed E-state index contributed by atoms with van der Waals surface area (Å²) in [5, 5.41) is 8.27. The monoisotopic (exact) mass is 351 g/mol. The fraction of sp³-hybridized carbons (Fsp3) is 0.480. The van der Waals surface area contributed by atoms with Gasteiger partial charge in [0, 0.05) is 5.71 Å². The molecule has 1 aromatic carbocycles. The van der Waals surface area contributed by atoms with E-state index >= 15 is 0 Å². The Hall–Kier alpha value is -1.89. The number of allylic oxidation sites excluding steroid dienone is 5. The second-order valence-corrected chi connectivity index (χ2v) is 7.83. The third-order valence-electron chi connectivity index (χ3n) is 5.53. The zero-order valence-electron chi connectivity index (χ0n) is 17.9. The summed E-state index contributed by atoms with van der Waals surface area (Å²) in [7, 11) is 0. The molecule has 1 heteroatoms. The molecule has 0 aliphatic carbocycles. The molecule has 0 aliphatic heterocycles. The van der Waals surface area contributed by atoms with Crippen LogP contribution in [-0.4, -0.2) is 5.71 Å². The van der Waals surface area contributed by atoms with Gasteiger partial charge < -0.3 is 5.41 Å². The molecule has 1 nitrogen and oxygen atoms in total. The first-order valence-electron chi connectivity index (χ1n) is 9.83. The molecule has 0 aliphatic rings. The van der Waals surface area contributed by atoms with Gasteiger partial charge in [0.25, 0.3) is 0 Å². The molecule has 0 aromatic heterocycles. The van der Waals surface area contributed by atoms with Gasteiger partial charge in [0.05, 0.1) is 0 Å². The standard InChI is InChI=1S/C25H37N/c1-9-21-13-12-14-22(15-21)24(11-3)19(6)20(7)25(8,16-18(4)5)17-23(26)10-2/h11-15,26H,4,9-10,16-17H2,1-3,5-8H3/b20-19+,24-11+,26-23?/t25-/m1/s1. The Kier molecular flexibility index (Phi) is 8.27.